The van der Waals surface area contributed by atoms with Crippen molar-refractivity contribution in [2.75, 3.05) is 53.3 Å². The highest BCUT2D eigenvalue weighted by atomic mass is 35.5. The molecule has 3 aromatic carbocycles. The maximum absolute atomic E-state index is 16.0. The van der Waals surface area contributed by atoms with Gasteiger partial charge in [-0.25, -0.2) is 13.8 Å². The van der Waals surface area contributed by atoms with E-state index in [1.165, 1.54) is 18.2 Å². The van der Waals surface area contributed by atoms with E-state index in [9.17, 15) is 18.8 Å². The summed E-state index contributed by atoms with van der Waals surface area (Å²) in [5.41, 5.74) is 4.07. The Morgan fingerprint density at radius 3 is 2.47 bits per heavy atom. The molecule has 9 nitrogen and oxygen atoms in total. The maximum Gasteiger partial charge on any atom is 0.268 e. The molecule has 2 N–H and O–H groups in total. The molecule has 0 aliphatic carbocycles. The highest BCUT2D eigenvalue weighted by molar-refractivity contribution is 7.17. The number of hydrogen-bond acceptors (Lipinski definition) is 7. The molecule has 0 saturated carbocycles. The van der Waals surface area contributed by atoms with Crippen LogP contribution in [0.5, 0.6) is 0 Å². The van der Waals surface area contributed by atoms with Crippen LogP contribution < -0.4 is 20.4 Å². The van der Waals surface area contributed by atoms with Crippen molar-refractivity contribution in [2.45, 2.75) is 26.2 Å². The number of ether oxygens (including phenoxy) is 1. The lowest BCUT2D eigenvalue weighted by atomic mass is 9.73. The van der Waals surface area contributed by atoms with Crippen LogP contribution in [0.15, 0.2) is 79.5 Å². The predicted molar refractivity (Wildman–Crippen MR) is 213 cm³/mol. The molecule has 0 atom stereocenters. The van der Waals surface area contributed by atoms with E-state index >= 15 is 4.39 Å². The zero-order chi connectivity index (χ0) is 38.4. The number of anilines is 4. The standard InChI is InChI=1S/C42H36ClF2N5O4S/c1-3-25-19-31(43)35(32(44)20-25)48-40(52)37-34(45)29-12-15-50(33-7-5-4-6-28(33)36(29)55-37)41(53)26-8-10-27(11-9-26)47-39(51)30-18-24(2)21-46-38(30)49-22-42(23-49)13-16-54-17-14-42/h3-11,18-21H,1,12-17,22-23H2,2H3,(H,47,51)(H,48,52). The molecule has 3 amide bonds. The third kappa shape index (κ3) is 6.90. The lowest BCUT2D eigenvalue weighted by Gasteiger charge is -2.53. The number of nitrogens with one attached hydrogen (secondary N) is 2. The predicted octanol–water partition coefficient (Wildman–Crippen LogP) is 9.02. The van der Waals surface area contributed by atoms with Crippen LogP contribution in [0.25, 0.3) is 16.5 Å². The molecule has 8 rings (SSSR count). The summed E-state index contributed by atoms with van der Waals surface area (Å²) in [5, 5.41) is 5.36. The van der Waals surface area contributed by atoms with Crippen LogP contribution >= 0.6 is 22.9 Å². The average molecular weight is 780 g/mol. The Balaban J connectivity index is 0.989. The van der Waals surface area contributed by atoms with Crippen molar-refractivity contribution in [1.82, 2.24) is 4.98 Å². The molecule has 55 heavy (non-hydrogen) atoms. The normalized spacial score (nSPS) is 15.7. The van der Waals surface area contributed by atoms with Gasteiger partial charge in [-0.1, -0.05) is 42.5 Å². The molecular weight excluding hydrogens is 744 g/mol. The van der Waals surface area contributed by atoms with E-state index in [0.717, 1.165) is 56.0 Å². The number of amides is 3. The largest absolute Gasteiger partial charge is 0.381 e. The van der Waals surface area contributed by atoms with E-state index in [1.807, 2.05) is 13.0 Å². The Morgan fingerprint density at radius 1 is 1.00 bits per heavy atom. The van der Waals surface area contributed by atoms with Gasteiger partial charge in [-0.15, -0.1) is 11.3 Å². The summed E-state index contributed by atoms with van der Waals surface area (Å²) in [6.07, 6.45) is 5.33. The van der Waals surface area contributed by atoms with E-state index in [0.29, 0.717) is 44.3 Å². The number of thiophene rings is 1. The van der Waals surface area contributed by atoms with Crippen LogP contribution in [-0.2, 0) is 11.2 Å². The summed E-state index contributed by atoms with van der Waals surface area (Å²) in [6, 6.07) is 18.2. The summed E-state index contributed by atoms with van der Waals surface area (Å²) >= 11 is 7.16. The number of rotatable bonds is 7. The minimum Gasteiger partial charge on any atom is -0.381 e. The van der Waals surface area contributed by atoms with Crippen LogP contribution in [0.3, 0.4) is 0 Å². The maximum atomic E-state index is 16.0. The number of halogens is 3. The summed E-state index contributed by atoms with van der Waals surface area (Å²) in [4.78, 5) is 49.6. The molecule has 280 valence electrons. The van der Waals surface area contributed by atoms with Crippen molar-refractivity contribution in [3.05, 3.63) is 129 Å². The number of benzene rings is 3. The monoisotopic (exact) mass is 779 g/mol. The molecule has 13 heteroatoms. The highest BCUT2D eigenvalue weighted by Crippen LogP contribution is 2.45. The molecule has 0 unspecified atom stereocenters. The molecule has 2 aromatic heterocycles. The number of fused-ring (bicyclic) bond motifs is 3. The van der Waals surface area contributed by atoms with Crippen molar-refractivity contribution in [2.24, 2.45) is 5.41 Å². The summed E-state index contributed by atoms with van der Waals surface area (Å²) < 4.78 is 36.4. The number of carbonyl (C=O) groups is 3. The second kappa shape index (κ2) is 14.7. The van der Waals surface area contributed by atoms with Crippen LogP contribution in [0, 0.1) is 24.0 Å². The molecular formula is C42H36ClF2N5O4S. The first kappa shape index (κ1) is 36.5. The van der Waals surface area contributed by atoms with Crippen LogP contribution in [0.4, 0.5) is 31.7 Å². The van der Waals surface area contributed by atoms with Crippen molar-refractivity contribution < 1.29 is 27.9 Å². The van der Waals surface area contributed by atoms with Gasteiger partial charge in [-0.05, 0) is 85.8 Å². The average Bonchev–Trinajstić information content (AvgIpc) is 3.41. The van der Waals surface area contributed by atoms with E-state index in [1.54, 1.807) is 59.6 Å². The van der Waals surface area contributed by atoms with Gasteiger partial charge in [0.2, 0.25) is 0 Å². The molecule has 2 fully saturated rings. The minimum atomic E-state index is -0.834. The first-order valence-electron chi connectivity index (χ1n) is 17.9. The van der Waals surface area contributed by atoms with E-state index < -0.39 is 17.5 Å². The molecule has 2 saturated heterocycles. The van der Waals surface area contributed by atoms with E-state index in [4.69, 9.17) is 16.3 Å². The molecule has 0 bridgehead atoms. The van der Waals surface area contributed by atoms with Gasteiger partial charge in [0.25, 0.3) is 17.7 Å². The Labute approximate surface area is 325 Å². The molecule has 3 aliphatic rings. The van der Waals surface area contributed by atoms with Crippen molar-refractivity contribution in [1.29, 1.82) is 0 Å². The fourth-order valence-corrected chi connectivity index (χ4v) is 8.98. The molecule has 3 aliphatic heterocycles. The topological polar surface area (TPSA) is 104 Å². The van der Waals surface area contributed by atoms with Gasteiger partial charge in [0.1, 0.15) is 16.5 Å². The number of hydrogen-bond donors (Lipinski definition) is 2. The number of aromatic nitrogens is 1. The van der Waals surface area contributed by atoms with Gasteiger partial charge >= 0.3 is 0 Å². The molecule has 0 radical (unpaired) electrons. The molecule has 5 heterocycles. The van der Waals surface area contributed by atoms with Gasteiger partial charge in [0.15, 0.2) is 5.82 Å². The summed E-state index contributed by atoms with van der Waals surface area (Å²) in [5.74, 6) is -2.28. The van der Waals surface area contributed by atoms with E-state index in [2.05, 4.69) is 27.1 Å². The van der Waals surface area contributed by atoms with Gasteiger partial charge in [-0.3, -0.25) is 14.4 Å². The number of nitrogens with zero attached hydrogens (tertiary/aromatic N) is 3. The zero-order valence-electron chi connectivity index (χ0n) is 29.9. The SMILES string of the molecule is C=Cc1cc(F)c(NC(=O)c2sc3c(c2F)CCN(C(=O)c2ccc(NC(=O)c4cc(C)cnc4N4CC5(CCOCC5)C4)cc2)c2ccccc2-3)c(Cl)c1. The first-order valence-corrected chi connectivity index (χ1v) is 19.1. The van der Waals surface area contributed by atoms with Crippen LogP contribution in [-0.4, -0.2) is 55.6 Å². The second-order valence-electron chi connectivity index (χ2n) is 14.2. The first-order chi connectivity index (χ1) is 26.5. The smallest absolute Gasteiger partial charge is 0.268 e. The number of pyridine rings is 1. The third-order valence-corrected chi connectivity index (χ3v) is 12.0. The number of carbonyl (C=O) groups excluding carboxylic acids is 3. The number of aryl methyl sites for hydroxylation is 1. The quantitative estimate of drug-likeness (QED) is 0.171. The van der Waals surface area contributed by atoms with Crippen molar-refractivity contribution in [3.63, 3.8) is 0 Å². The highest BCUT2D eigenvalue weighted by Gasteiger charge is 2.45. The zero-order valence-corrected chi connectivity index (χ0v) is 31.5. The lowest BCUT2D eigenvalue weighted by molar-refractivity contribution is -0.000511. The Bertz CT molecular complexity index is 2350. The van der Waals surface area contributed by atoms with Gasteiger partial charge in [0.05, 0.1) is 22.0 Å². The van der Waals surface area contributed by atoms with Crippen LogP contribution in [0.2, 0.25) is 5.02 Å². The third-order valence-electron chi connectivity index (χ3n) is 10.5. The Morgan fingerprint density at radius 2 is 1.75 bits per heavy atom. The lowest BCUT2D eigenvalue weighted by Crippen LogP contribution is -2.59. The van der Waals surface area contributed by atoms with Gasteiger partial charge in [-0.2, -0.15) is 0 Å². The summed E-state index contributed by atoms with van der Waals surface area (Å²) in [7, 11) is 0. The summed E-state index contributed by atoms with van der Waals surface area (Å²) in [6.45, 7) is 8.82. The molecule has 5 aromatic rings. The Hall–Kier alpha value is -5.43. The second-order valence-corrected chi connectivity index (χ2v) is 15.6. The Kier molecular flexibility index (Phi) is 9.74. The van der Waals surface area contributed by atoms with Gasteiger partial charge < -0.3 is 25.2 Å². The molecule has 1 spiro atoms. The minimum absolute atomic E-state index is 0.0414. The fraction of sp³-hybridized carbons (Fsp3) is 0.238. The van der Waals surface area contributed by atoms with E-state index in [-0.39, 0.29) is 51.3 Å². The van der Waals surface area contributed by atoms with Gasteiger partial charge in [0, 0.05) is 71.7 Å². The fourth-order valence-electron chi connectivity index (χ4n) is 7.55. The van der Waals surface area contributed by atoms with Crippen molar-refractivity contribution >= 4 is 69.6 Å². The van der Waals surface area contributed by atoms with Crippen molar-refractivity contribution in [3.8, 4) is 10.4 Å². The number of para-hydroxylation sites is 1. The van der Waals surface area contributed by atoms with Crippen LogP contribution in [0.1, 0.15) is 59.9 Å².